The maximum Gasteiger partial charge on any atom is 0.326 e. The van der Waals surface area contributed by atoms with Crippen LogP contribution in [0.2, 0.25) is 0 Å². The summed E-state index contributed by atoms with van der Waals surface area (Å²) in [4.78, 5) is 26.3. The number of unbranched alkanes of at least 4 members (excludes halogenated alkanes) is 1. The molecule has 0 aliphatic carbocycles. The summed E-state index contributed by atoms with van der Waals surface area (Å²) in [6, 6.07) is -1.24. The number of imidazole rings is 1. The van der Waals surface area contributed by atoms with Crippen LogP contribution in [0, 0.1) is 0 Å². The number of aryl methyl sites for hydroxylation is 1. The van der Waals surface area contributed by atoms with Crippen molar-refractivity contribution < 1.29 is 14.7 Å². The van der Waals surface area contributed by atoms with Gasteiger partial charge in [0.2, 0.25) is 0 Å². The first-order valence-corrected chi connectivity index (χ1v) is 6.86. The molecular formula is C13H22N4O3. The molecule has 7 heteroatoms. The highest BCUT2D eigenvalue weighted by atomic mass is 16.4. The minimum atomic E-state index is -0.998. The Hall–Kier alpha value is -2.05. The van der Waals surface area contributed by atoms with E-state index in [1.54, 1.807) is 12.5 Å². The Morgan fingerprint density at radius 1 is 1.40 bits per heavy atom. The maximum absolute atomic E-state index is 11.5. The second-order valence-electron chi connectivity index (χ2n) is 4.59. The maximum atomic E-state index is 11.5. The van der Waals surface area contributed by atoms with Gasteiger partial charge in [0, 0.05) is 25.5 Å². The number of rotatable bonds is 9. The van der Waals surface area contributed by atoms with E-state index in [-0.39, 0.29) is 0 Å². The minimum Gasteiger partial charge on any atom is -0.480 e. The smallest absolute Gasteiger partial charge is 0.326 e. The molecule has 7 nitrogen and oxygen atoms in total. The average Bonchev–Trinajstić information content (AvgIpc) is 2.91. The Morgan fingerprint density at radius 2 is 2.20 bits per heavy atom. The lowest BCUT2D eigenvalue weighted by molar-refractivity contribution is -0.139. The third kappa shape index (κ3) is 6.21. The van der Waals surface area contributed by atoms with Crippen LogP contribution in [0.15, 0.2) is 18.7 Å². The highest BCUT2D eigenvalue weighted by Gasteiger charge is 2.18. The molecule has 1 atom stereocenters. The number of urea groups is 1. The van der Waals surface area contributed by atoms with E-state index in [4.69, 9.17) is 5.11 Å². The standard InChI is InChI=1S/C13H22N4O3/c1-2-5-11(12(18)19)16-13(20)15-6-3-4-8-17-9-7-14-10-17/h7,9-11H,2-6,8H2,1H3,(H,18,19)(H2,15,16,20). The van der Waals surface area contributed by atoms with Crippen molar-refractivity contribution in [1.82, 2.24) is 20.2 Å². The van der Waals surface area contributed by atoms with Crippen LogP contribution in [0.4, 0.5) is 4.79 Å². The van der Waals surface area contributed by atoms with Crippen LogP contribution in [0.3, 0.4) is 0 Å². The fraction of sp³-hybridized carbons (Fsp3) is 0.615. The summed E-state index contributed by atoms with van der Waals surface area (Å²) in [7, 11) is 0. The van der Waals surface area contributed by atoms with Crippen molar-refractivity contribution in [2.75, 3.05) is 6.54 Å². The molecule has 0 aliphatic heterocycles. The Morgan fingerprint density at radius 3 is 2.80 bits per heavy atom. The van der Waals surface area contributed by atoms with E-state index < -0.39 is 18.0 Å². The number of carboxylic acid groups (broad SMARTS) is 1. The van der Waals surface area contributed by atoms with Gasteiger partial charge in [-0.2, -0.15) is 0 Å². The van der Waals surface area contributed by atoms with E-state index >= 15 is 0 Å². The van der Waals surface area contributed by atoms with Gasteiger partial charge in [0.25, 0.3) is 0 Å². The zero-order valence-electron chi connectivity index (χ0n) is 11.7. The minimum absolute atomic E-state index is 0.423. The molecule has 1 rings (SSSR count). The van der Waals surface area contributed by atoms with E-state index in [1.165, 1.54) is 0 Å². The molecular weight excluding hydrogens is 260 g/mol. The van der Waals surface area contributed by atoms with Crippen molar-refractivity contribution in [3.63, 3.8) is 0 Å². The summed E-state index contributed by atoms with van der Waals surface area (Å²) in [6.45, 7) is 3.27. The zero-order chi connectivity index (χ0) is 14.8. The number of hydrogen-bond acceptors (Lipinski definition) is 3. The number of aliphatic carboxylic acids is 1. The number of carboxylic acids is 1. The lowest BCUT2D eigenvalue weighted by Gasteiger charge is -2.14. The van der Waals surface area contributed by atoms with Crippen molar-refractivity contribution in [2.45, 2.75) is 45.2 Å². The molecule has 1 aromatic rings. The van der Waals surface area contributed by atoms with Crippen molar-refractivity contribution in [1.29, 1.82) is 0 Å². The summed E-state index contributed by atoms with van der Waals surface area (Å²) in [5.74, 6) is -0.998. The first kappa shape index (κ1) is 16.0. The normalized spacial score (nSPS) is 11.8. The summed E-state index contributed by atoms with van der Waals surface area (Å²) >= 11 is 0. The molecule has 0 bridgehead atoms. The molecule has 1 unspecified atom stereocenters. The predicted molar refractivity (Wildman–Crippen MR) is 74.3 cm³/mol. The SMILES string of the molecule is CCCC(NC(=O)NCCCCn1ccnc1)C(=O)O. The van der Waals surface area contributed by atoms with Gasteiger partial charge in [-0.25, -0.2) is 14.6 Å². The van der Waals surface area contributed by atoms with Crippen molar-refractivity contribution in [3.8, 4) is 0 Å². The number of aromatic nitrogens is 2. The molecule has 0 aliphatic rings. The van der Waals surface area contributed by atoms with Gasteiger partial charge >= 0.3 is 12.0 Å². The molecule has 20 heavy (non-hydrogen) atoms. The lowest BCUT2D eigenvalue weighted by atomic mass is 10.2. The van der Waals surface area contributed by atoms with Gasteiger partial charge in [-0.1, -0.05) is 13.3 Å². The lowest BCUT2D eigenvalue weighted by Crippen LogP contribution is -2.46. The third-order valence-corrected chi connectivity index (χ3v) is 2.87. The number of amides is 2. The molecule has 112 valence electrons. The highest BCUT2D eigenvalue weighted by Crippen LogP contribution is 1.97. The van der Waals surface area contributed by atoms with Gasteiger partial charge in [0.15, 0.2) is 0 Å². The van der Waals surface area contributed by atoms with Crippen molar-refractivity contribution >= 4 is 12.0 Å². The monoisotopic (exact) mass is 282 g/mol. The van der Waals surface area contributed by atoms with Gasteiger partial charge < -0.3 is 20.3 Å². The van der Waals surface area contributed by atoms with Crippen LogP contribution < -0.4 is 10.6 Å². The summed E-state index contributed by atoms with van der Waals surface area (Å²) in [5.41, 5.74) is 0. The van der Waals surface area contributed by atoms with Crippen LogP contribution in [-0.2, 0) is 11.3 Å². The van der Waals surface area contributed by atoms with E-state index in [0.29, 0.717) is 19.4 Å². The molecule has 0 aromatic carbocycles. The molecule has 1 heterocycles. The first-order chi connectivity index (χ1) is 9.63. The summed E-state index contributed by atoms with van der Waals surface area (Å²) in [6.07, 6.45) is 8.27. The fourth-order valence-electron chi connectivity index (χ4n) is 1.80. The molecule has 0 saturated heterocycles. The Labute approximate surface area is 118 Å². The van der Waals surface area contributed by atoms with Crippen LogP contribution in [-0.4, -0.2) is 39.2 Å². The first-order valence-electron chi connectivity index (χ1n) is 6.86. The predicted octanol–water partition coefficient (Wildman–Crippen LogP) is 1.22. The van der Waals surface area contributed by atoms with Gasteiger partial charge in [0.05, 0.1) is 6.33 Å². The topological polar surface area (TPSA) is 96.3 Å². The molecule has 2 amide bonds. The number of carbonyl (C=O) groups excluding carboxylic acids is 1. The molecule has 1 aromatic heterocycles. The van der Waals surface area contributed by atoms with Gasteiger partial charge in [-0.05, 0) is 19.3 Å². The molecule has 3 N–H and O–H groups in total. The number of nitrogens with zero attached hydrogens (tertiary/aromatic N) is 2. The zero-order valence-corrected chi connectivity index (χ0v) is 11.7. The Balaban J connectivity index is 2.11. The molecule has 0 saturated carbocycles. The third-order valence-electron chi connectivity index (χ3n) is 2.87. The number of hydrogen-bond donors (Lipinski definition) is 3. The van der Waals surface area contributed by atoms with Gasteiger partial charge in [-0.15, -0.1) is 0 Å². The van der Waals surface area contributed by atoms with E-state index in [2.05, 4.69) is 15.6 Å². The average molecular weight is 282 g/mol. The van der Waals surface area contributed by atoms with Crippen LogP contribution in [0.5, 0.6) is 0 Å². The number of nitrogens with one attached hydrogen (secondary N) is 2. The quantitative estimate of drug-likeness (QED) is 0.593. The van der Waals surface area contributed by atoms with E-state index in [1.807, 2.05) is 17.7 Å². The van der Waals surface area contributed by atoms with Gasteiger partial charge in [0.1, 0.15) is 6.04 Å². The highest BCUT2D eigenvalue weighted by molar-refractivity contribution is 5.82. The summed E-state index contributed by atoms with van der Waals surface area (Å²) in [5, 5.41) is 14.0. The van der Waals surface area contributed by atoms with Crippen molar-refractivity contribution in [3.05, 3.63) is 18.7 Å². The second kappa shape index (κ2) is 8.95. The molecule has 0 radical (unpaired) electrons. The molecule has 0 spiro atoms. The van der Waals surface area contributed by atoms with Crippen LogP contribution in [0.1, 0.15) is 32.6 Å². The summed E-state index contributed by atoms with van der Waals surface area (Å²) < 4.78 is 1.97. The Bertz CT molecular complexity index is 406. The Kier molecular flexibility index (Phi) is 7.16. The largest absolute Gasteiger partial charge is 0.480 e. The fourth-order valence-corrected chi connectivity index (χ4v) is 1.80. The van der Waals surface area contributed by atoms with E-state index in [0.717, 1.165) is 19.4 Å². The second-order valence-corrected chi connectivity index (χ2v) is 4.59. The van der Waals surface area contributed by atoms with Gasteiger partial charge in [-0.3, -0.25) is 0 Å². The van der Waals surface area contributed by atoms with E-state index in [9.17, 15) is 9.59 Å². The van der Waals surface area contributed by atoms with Crippen molar-refractivity contribution in [2.24, 2.45) is 0 Å². The van der Waals surface area contributed by atoms with Crippen LogP contribution >= 0.6 is 0 Å². The molecule has 0 fully saturated rings. The number of carbonyl (C=O) groups is 2. The van der Waals surface area contributed by atoms with Crippen LogP contribution in [0.25, 0.3) is 0 Å².